The van der Waals surface area contributed by atoms with Crippen LogP contribution in [0, 0.1) is 5.82 Å². The lowest BCUT2D eigenvalue weighted by Crippen LogP contribution is -2.36. The first kappa shape index (κ1) is 24.4. The standard InChI is InChI=1S/C26H27ClFN5O3/c27-22-15-30-26-31-19-11-17(12-20(14-19)33-6-9-35-10-7-33)16-36-8-2-1-5-29-25(34)18-3-4-21(23(28)13-18)24(22)32-26/h3-4,11-15H,1-2,5-10,16H2,(H,29,34)(H,30,31,32). The lowest BCUT2D eigenvalue weighted by Gasteiger charge is -2.29. The Labute approximate surface area is 213 Å². The number of ether oxygens (including phenoxy) is 2. The van der Waals surface area contributed by atoms with E-state index in [1.807, 2.05) is 12.1 Å². The molecular weight excluding hydrogens is 485 g/mol. The number of anilines is 3. The predicted molar refractivity (Wildman–Crippen MR) is 136 cm³/mol. The van der Waals surface area contributed by atoms with Crippen molar-refractivity contribution in [2.24, 2.45) is 0 Å². The van der Waals surface area contributed by atoms with Crippen molar-refractivity contribution in [3.05, 3.63) is 64.6 Å². The highest BCUT2D eigenvalue weighted by Crippen LogP contribution is 2.31. The number of nitrogens with one attached hydrogen (secondary N) is 2. The number of rotatable bonds is 1. The van der Waals surface area contributed by atoms with E-state index in [-0.39, 0.29) is 33.7 Å². The minimum atomic E-state index is -0.586. The summed E-state index contributed by atoms with van der Waals surface area (Å²) in [7, 11) is 0. The number of nitrogens with zero attached hydrogens (tertiary/aromatic N) is 3. The van der Waals surface area contributed by atoms with E-state index in [1.165, 1.54) is 18.3 Å². The number of fused-ring (bicyclic) bond motifs is 9. The van der Waals surface area contributed by atoms with Crippen LogP contribution in [0.5, 0.6) is 0 Å². The zero-order valence-corrected chi connectivity index (χ0v) is 20.5. The van der Waals surface area contributed by atoms with Crippen molar-refractivity contribution >= 4 is 34.8 Å². The van der Waals surface area contributed by atoms with Crippen LogP contribution in [0.3, 0.4) is 0 Å². The number of amides is 1. The lowest BCUT2D eigenvalue weighted by molar-refractivity contribution is 0.0945. The van der Waals surface area contributed by atoms with E-state index in [4.69, 9.17) is 21.1 Å². The van der Waals surface area contributed by atoms with Gasteiger partial charge in [-0.1, -0.05) is 11.6 Å². The van der Waals surface area contributed by atoms with Crippen LogP contribution < -0.4 is 15.5 Å². The molecule has 8 nitrogen and oxygen atoms in total. The molecule has 1 amide bonds. The molecule has 3 aromatic rings. The topological polar surface area (TPSA) is 88.6 Å². The van der Waals surface area contributed by atoms with Gasteiger partial charge in [-0.05, 0) is 54.8 Å². The van der Waals surface area contributed by atoms with Gasteiger partial charge in [-0.3, -0.25) is 4.79 Å². The van der Waals surface area contributed by atoms with Crippen LogP contribution in [0.2, 0.25) is 5.02 Å². The summed E-state index contributed by atoms with van der Waals surface area (Å²) in [4.78, 5) is 23.5. The highest BCUT2D eigenvalue weighted by atomic mass is 35.5. The molecule has 1 aromatic heterocycles. The van der Waals surface area contributed by atoms with Crippen molar-refractivity contribution in [3.63, 3.8) is 0 Å². The fourth-order valence-electron chi connectivity index (χ4n) is 4.25. The number of carbonyl (C=O) groups is 1. The number of aromatic nitrogens is 2. The molecule has 0 radical (unpaired) electrons. The Morgan fingerprint density at radius 3 is 2.72 bits per heavy atom. The summed E-state index contributed by atoms with van der Waals surface area (Å²) in [6.45, 7) is 4.43. The van der Waals surface area contributed by atoms with Crippen molar-refractivity contribution in [1.29, 1.82) is 0 Å². The van der Waals surface area contributed by atoms with E-state index in [2.05, 4.69) is 31.6 Å². The highest BCUT2D eigenvalue weighted by molar-refractivity contribution is 6.32. The van der Waals surface area contributed by atoms with Gasteiger partial charge in [-0.2, -0.15) is 0 Å². The number of hydrogen-bond donors (Lipinski definition) is 2. The molecule has 36 heavy (non-hydrogen) atoms. The van der Waals surface area contributed by atoms with E-state index in [0.29, 0.717) is 33.0 Å². The van der Waals surface area contributed by atoms with Crippen LogP contribution in [-0.4, -0.2) is 55.3 Å². The van der Waals surface area contributed by atoms with Crippen LogP contribution in [-0.2, 0) is 16.1 Å². The predicted octanol–water partition coefficient (Wildman–Crippen LogP) is 4.56. The minimum absolute atomic E-state index is 0.191. The van der Waals surface area contributed by atoms with Crippen molar-refractivity contribution in [1.82, 2.24) is 15.3 Å². The molecule has 1 fully saturated rings. The van der Waals surface area contributed by atoms with Gasteiger partial charge in [0.05, 0.1) is 36.7 Å². The number of hydrogen-bond acceptors (Lipinski definition) is 7. The molecule has 0 unspecified atom stereocenters. The molecule has 1 saturated heterocycles. The maximum atomic E-state index is 15.0. The first-order valence-corrected chi connectivity index (χ1v) is 12.4. The summed E-state index contributed by atoms with van der Waals surface area (Å²) in [5.41, 5.74) is 3.50. The van der Waals surface area contributed by atoms with Gasteiger partial charge in [0.25, 0.3) is 5.91 Å². The average Bonchev–Trinajstić information content (AvgIpc) is 2.89. The molecule has 0 atom stereocenters. The monoisotopic (exact) mass is 511 g/mol. The van der Waals surface area contributed by atoms with Gasteiger partial charge in [0, 0.05) is 48.7 Å². The molecule has 0 aliphatic carbocycles. The van der Waals surface area contributed by atoms with E-state index in [0.717, 1.165) is 42.9 Å². The number of carbonyl (C=O) groups excluding carboxylic acids is 1. The van der Waals surface area contributed by atoms with Crippen LogP contribution in [0.25, 0.3) is 11.3 Å². The summed E-state index contributed by atoms with van der Waals surface area (Å²) in [6, 6.07) is 10.4. The first-order chi connectivity index (χ1) is 17.6. The van der Waals surface area contributed by atoms with Crippen molar-refractivity contribution in [2.75, 3.05) is 49.7 Å². The van der Waals surface area contributed by atoms with Gasteiger partial charge in [0.15, 0.2) is 0 Å². The summed E-state index contributed by atoms with van der Waals surface area (Å²) in [5, 5.41) is 6.28. The Bertz CT molecular complexity index is 1250. The smallest absolute Gasteiger partial charge is 0.251 e. The Kier molecular flexibility index (Phi) is 7.60. The van der Waals surface area contributed by atoms with E-state index in [1.54, 1.807) is 6.07 Å². The molecule has 0 spiro atoms. The molecule has 6 rings (SSSR count). The zero-order valence-electron chi connectivity index (χ0n) is 19.7. The number of benzene rings is 2. The van der Waals surface area contributed by atoms with Crippen molar-refractivity contribution in [3.8, 4) is 11.3 Å². The van der Waals surface area contributed by atoms with Crippen LogP contribution in [0.1, 0.15) is 28.8 Å². The number of halogens is 2. The van der Waals surface area contributed by atoms with Crippen molar-refractivity contribution in [2.45, 2.75) is 19.4 Å². The SMILES string of the molecule is O=C1NCCCCOCc2cc(cc(N3CCOCC3)c2)Nc2ncc(Cl)c(n2)-c2ccc1cc2F. The second kappa shape index (κ2) is 11.2. The second-order valence-electron chi connectivity index (χ2n) is 8.71. The zero-order chi connectivity index (χ0) is 24.9. The van der Waals surface area contributed by atoms with Crippen molar-refractivity contribution < 1.29 is 18.7 Å². The third-order valence-electron chi connectivity index (χ3n) is 6.11. The van der Waals surface area contributed by atoms with Crippen LogP contribution in [0.15, 0.2) is 42.6 Å². The molecule has 2 N–H and O–H groups in total. The maximum Gasteiger partial charge on any atom is 0.251 e. The minimum Gasteiger partial charge on any atom is -0.378 e. The molecule has 4 heterocycles. The molecule has 3 aliphatic rings. The molecule has 2 aromatic carbocycles. The largest absolute Gasteiger partial charge is 0.378 e. The summed E-state index contributed by atoms with van der Waals surface area (Å²) < 4.78 is 26.5. The van der Waals surface area contributed by atoms with Gasteiger partial charge in [0.2, 0.25) is 5.95 Å². The summed E-state index contributed by atoms with van der Waals surface area (Å²) >= 11 is 6.34. The lowest BCUT2D eigenvalue weighted by atomic mass is 10.1. The van der Waals surface area contributed by atoms with Gasteiger partial charge in [-0.15, -0.1) is 0 Å². The average molecular weight is 512 g/mol. The molecule has 3 aliphatic heterocycles. The maximum absolute atomic E-state index is 15.0. The van der Waals surface area contributed by atoms with Gasteiger partial charge in [-0.25, -0.2) is 14.4 Å². The Morgan fingerprint density at radius 1 is 1.03 bits per heavy atom. The van der Waals surface area contributed by atoms with Gasteiger partial charge >= 0.3 is 0 Å². The molecular formula is C26H27ClFN5O3. The van der Waals surface area contributed by atoms with Crippen LogP contribution in [0.4, 0.5) is 21.7 Å². The Morgan fingerprint density at radius 2 is 1.89 bits per heavy atom. The fraction of sp³-hybridized carbons (Fsp3) is 0.346. The third-order valence-corrected chi connectivity index (χ3v) is 6.39. The normalized spacial score (nSPS) is 16.9. The van der Waals surface area contributed by atoms with E-state index in [9.17, 15) is 4.79 Å². The number of morpholine rings is 1. The van der Waals surface area contributed by atoms with E-state index >= 15 is 4.39 Å². The molecule has 10 heteroatoms. The highest BCUT2D eigenvalue weighted by Gasteiger charge is 2.17. The van der Waals surface area contributed by atoms with Gasteiger partial charge in [0.1, 0.15) is 5.82 Å². The second-order valence-corrected chi connectivity index (χ2v) is 9.12. The molecule has 6 bridgehead atoms. The third kappa shape index (κ3) is 5.75. The molecule has 0 saturated carbocycles. The fourth-order valence-corrected chi connectivity index (χ4v) is 4.44. The van der Waals surface area contributed by atoms with Crippen LogP contribution >= 0.6 is 11.6 Å². The first-order valence-electron chi connectivity index (χ1n) is 12.0. The molecule has 188 valence electrons. The Hall–Kier alpha value is -3.27. The quantitative estimate of drug-likeness (QED) is 0.495. The summed E-state index contributed by atoms with van der Waals surface area (Å²) in [6.07, 6.45) is 2.98. The van der Waals surface area contributed by atoms with Gasteiger partial charge < -0.3 is 25.0 Å². The van der Waals surface area contributed by atoms with E-state index < -0.39 is 5.82 Å². The Balaban J connectivity index is 1.52. The summed E-state index contributed by atoms with van der Waals surface area (Å²) in [5.74, 6) is -0.640.